The highest BCUT2D eigenvalue weighted by Gasteiger charge is 2.27. The molecule has 0 radical (unpaired) electrons. The number of fused-ring (bicyclic) bond motifs is 2. The van der Waals surface area contributed by atoms with E-state index in [2.05, 4.69) is 52.5 Å². The van der Waals surface area contributed by atoms with Gasteiger partial charge >= 0.3 is 5.69 Å². The van der Waals surface area contributed by atoms with Gasteiger partial charge in [0.15, 0.2) is 0 Å². The van der Waals surface area contributed by atoms with Gasteiger partial charge in [-0.25, -0.2) is 4.98 Å². The number of aliphatic hydroxyl groups is 3. The summed E-state index contributed by atoms with van der Waals surface area (Å²) >= 11 is 6.86. The molecule has 4 unspecified atom stereocenters. The zero-order valence-electron chi connectivity index (χ0n) is 23.7. The molecule has 7 N–H and O–H groups in total. The van der Waals surface area contributed by atoms with Crippen molar-refractivity contribution in [2.75, 3.05) is 23.0 Å². The quantitative estimate of drug-likeness (QED) is 0.104. The molecule has 43 heavy (non-hydrogen) atoms. The Labute approximate surface area is 266 Å². The molecule has 2 aromatic carbocycles. The van der Waals surface area contributed by atoms with Crippen LogP contribution in [0.5, 0.6) is 0 Å². The highest BCUT2D eigenvalue weighted by molar-refractivity contribution is 9.10. The number of nitrogens with one attached hydrogen (secondary N) is 2. The number of aliphatic hydroxyl groups excluding tert-OH is 3. The Balaban J connectivity index is 0.000000181. The molecule has 2 heterocycles. The number of nitrogen functional groups attached to an aromatic ring is 1. The van der Waals surface area contributed by atoms with Crippen LogP contribution in [0.4, 0.5) is 22.7 Å². The van der Waals surface area contributed by atoms with Crippen molar-refractivity contribution in [1.29, 1.82) is 0 Å². The number of anilines is 3. The second kappa shape index (κ2) is 15.1. The monoisotopic (exact) mass is 718 g/mol. The lowest BCUT2D eigenvalue weighted by molar-refractivity contribution is -0.384. The maximum absolute atomic E-state index is 11.3. The molecule has 2 aliphatic rings. The molecule has 4 atom stereocenters. The van der Waals surface area contributed by atoms with E-state index in [1.165, 1.54) is 6.20 Å². The van der Waals surface area contributed by atoms with E-state index in [1.54, 1.807) is 13.1 Å². The van der Waals surface area contributed by atoms with Crippen molar-refractivity contribution in [3.63, 3.8) is 0 Å². The predicted molar refractivity (Wildman–Crippen MR) is 177 cm³/mol. The predicted octanol–water partition coefficient (Wildman–Crippen LogP) is 6.13. The maximum Gasteiger partial charge on any atom is 0.311 e. The lowest BCUT2D eigenvalue weighted by atomic mass is 10.1. The van der Waals surface area contributed by atoms with E-state index in [9.17, 15) is 20.3 Å². The Bertz CT molecular complexity index is 1570. The third kappa shape index (κ3) is 8.51. The number of benzene rings is 2. The molecule has 2 aromatic heterocycles. The number of nitrogens with two attached hydrogens (primary N) is 1. The minimum atomic E-state index is -0.430. The first kappa shape index (κ1) is 32.8. The minimum Gasteiger partial charge on any atom is -0.397 e. The van der Waals surface area contributed by atoms with Crippen LogP contribution >= 0.6 is 31.9 Å². The van der Waals surface area contributed by atoms with Crippen LogP contribution in [0.25, 0.3) is 21.8 Å². The van der Waals surface area contributed by atoms with Crippen LogP contribution in [0.1, 0.15) is 45.4 Å². The third-order valence-corrected chi connectivity index (χ3v) is 8.36. The van der Waals surface area contributed by atoms with E-state index in [4.69, 9.17) is 10.8 Å². The summed E-state index contributed by atoms with van der Waals surface area (Å²) in [5.74, 6) is 0. The van der Waals surface area contributed by atoms with Crippen molar-refractivity contribution >= 4 is 76.4 Å². The highest BCUT2D eigenvalue weighted by Crippen LogP contribution is 2.36. The fourth-order valence-electron chi connectivity index (χ4n) is 5.37. The zero-order valence-corrected chi connectivity index (χ0v) is 26.9. The van der Waals surface area contributed by atoms with Crippen molar-refractivity contribution < 1.29 is 20.2 Å². The number of hydrogen-bond donors (Lipinski definition) is 6. The average Bonchev–Trinajstić information content (AvgIpc) is 3.58. The maximum atomic E-state index is 11.3. The highest BCUT2D eigenvalue weighted by atomic mass is 79.9. The zero-order chi connectivity index (χ0) is 31.1. The molecule has 2 aliphatic carbocycles. The molecule has 230 valence electrons. The first-order valence-corrected chi connectivity index (χ1v) is 15.7. The van der Waals surface area contributed by atoms with E-state index in [1.807, 2.05) is 36.4 Å². The molecule has 6 rings (SSSR count). The molecule has 0 saturated heterocycles. The van der Waals surface area contributed by atoms with Crippen molar-refractivity contribution in [2.24, 2.45) is 0 Å². The van der Waals surface area contributed by atoms with Gasteiger partial charge in [0.1, 0.15) is 11.9 Å². The smallest absolute Gasteiger partial charge is 0.311 e. The summed E-state index contributed by atoms with van der Waals surface area (Å²) in [5, 5.41) is 46.5. The number of nitro groups is 1. The van der Waals surface area contributed by atoms with E-state index in [-0.39, 0.29) is 36.6 Å². The normalized spacial score (nSPS) is 21.1. The van der Waals surface area contributed by atoms with Crippen molar-refractivity contribution in [2.45, 2.75) is 69.7 Å². The molecule has 11 nitrogen and oxygen atoms in total. The van der Waals surface area contributed by atoms with E-state index >= 15 is 0 Å². The van der Waals surface area contributed by atoms with E-state index in [0.717, 1.165) is 57.6 Å². The number of rotatable bonds is 5. The Hall–Kier alpha value is -3.10. The summed E-state index contributed by atoms with van der Waals surface area (Å²) in [4.78, 5) is 19.3. The number of nitrogens with zero attached hydrogens (tertiary/aromatic N) is 3. The topological polar surface area (TPSA) is 180 Å². The molecular weight excluding hydrogens is 684 g/mol. The summed E-state index contributed by atoms with van der Waals surface area (Å²) < 4.78 is 1.84. The molecular formula is C30H36Br2N6O5. The third-order valence-electron chi connectivity index (χ3n) is 7.37. The van der Waals surface area contributed by atoms with Gasteiger partial charge in [-0.1, -0.05) is 31.9 Å². The molecule has 0 spiro atoms. The molecule has 13 heteroatoms. The summed E-state index contributed by atoms with van der Waals surface area (Å²) in [6.07, 6.45) is 7.16. The fourth-order valence-corrected chi connectivity index (χ4v) is 6.09. The lowest BCUT2D eigenvalue weighted by Crippen LogP contribution is -2.17. The molecule has 0 amide bonds. The average molecular weight is 720 g/mol. The van der Waals surface area contributed by atoms with Crippen molar-refractivity contribution in [3.8, 4) is 0 Å². The van der Waals surface area contributed by atoms with Crippen LogP contribution in [-0.4, -0.2) is 61.1 Å². The first-order valence-electron chi connectivity index (χ1n) is 14.2. The van der Waals surface area contributed by atoms with Crippen molar-refractivity contribution in [3.05, 3.63) is 67.9 Å². The molecule has 2 saturated carbocycles. The summed E-state index contributed by atoms with van der Waals surface area (Å²) in [7, 11) is 0. The van der Waals surface area contributed by atoms with E-state index < -0.39 is 4.92 Å². The molecule has 2 fully saturated rings. The van der Waals surface area contributed by atoms with Gasteiger partial charge in [0, 0.05) is 38.4 Å². The SMILES string of the molecule is CCO.Nc1cnc2ccc(Br)cc2c1NC1CCC(O)C1.O=[N+]([O-])c1cnc2ccc(Br)cc2c1NC1CCC(O)C1. The van der Waals surface area contributed by atoms with E-state index in [0.29, 0.717) is 28.7 Å². The lowest BCUT2D eigenvalue weighted by Gasteiger charge is -2.17. The van der Waals surface area contributed by atoms with Crippen LogP contribution in [0.2, 0.25) is 0 Å². The van der Waals surface area contributed by atoms with Crippen molar-refractivity contribution in [1.82, 2.24) is 9.97 Å². The van der Waals surface area contributed by atoms with Gasteiger partial charge < -0.3 is 31.7 Å². The fraction of sp³-hybridized carbons (Fsp3) is 0.400. The molecule has 4 aromatic rings. The van der Waals surface area contributed by atoms with Gasteiger partial charge in [-0.15, -0.1) is 0 Å². The second-order valence-corrected chi connectivity index (χ2v) is 12.5. The number of halogens is 2. The Morgan fingerprint density at radius 2 is 1.35 bits per heavy atom. The van der Waals surface area contributed by atoms with Crippen LogP contribution in [0, 0.1) is 10.1 Å². The van der Waals surface area contributed by atoms with Gasteiger partial charge in [0.2, 0.25) is 0 Å². The summed E-state index contributed by atoms with van der Waals surface area (Å²) in [5.41, 5.74) is 9.67. The first-order chi connectivity index (χ1) is 20.6. The molecule has 0 bridgehead atoms. The minimum absolute atomic E-state index is 0.0398. The van der Waals surface area contributed by atoms with Gasteiger partial charge in [-0.3, -0.25) is 15.1 Å². The number of pyridine rings is 2. The Kier molecular flexibility index (Phi) is 11.5. The Morgan fingerprint density at radius 3 is 1.81 bits per heavy atom. The number of hydrogen-bond acceptors (Lipinski definition) is 10. The van der Waals surface area contributed by atoms with Crippen LogP contribution in [0.3, 0.4) is 0 Å². The molecule has 0 aliphatic heterocycles. The van der Waals surface area contributed by atoms with Gasteiger partial charge in [-0.2, -0.15) is 0 Å². The Morgan fingerprint density at radius 1 is 0.884 bits per heavy atom. The van der Waals surface area contributed by atoms with Gasteiger partial charge in [-0.05, 0) is 81.8 Å². The summed E-state index contributed by atoms with van der Waals surface area (Å²) in [6, 6.07) is 11.8. The van der Waals surface area contributed by atoms with Crippen LogP contribution in [0.15, 0.2) is 57.7 Å². The van der Waals surface area contributed by atoms with Crippen LogP contribution < -0.4 is 16.4 Å². The van der Waals surface area contributed by atoms with Crippen LogP contribution in [-0.2, 0) is 0 Å². The largest absolute Gasteiger partial charge is 0.397 e. The summed E-state index contributed by atoms with van der Waals surface area (Å²) in [6.45, 7) is 1.93. The standard InChI is InChI=1S/C14H14BrN3O3.C14H16BrN3O.C2H6O/c15-8-1-4-12-11(5-8)14(13(7-16-12)18(20)21)17-9-2-3-10(19)6-9;15-8-1-4-13-11(5-8)14(12(16)7-17-13)18-9-2-3-10(19)6-9;1-2-3/h1,4-5,7,9-10,19H,2-3,6H2,(H,16,17);1,4-5,7,9-10,19H,2-3,6,16H2,(H,17,18);3H,2H2,1H3. The number of aromatic nitrogens is 2. The van der Waals surface area contributed by atoms with Gasteiger partial charge in [0.05, 0.1) is 45.7 Å². The second-order valence-electron chi connectivity index (χ2n) is 10.6. The van der Waals surface area contributed by atoms with Gasteiger partial charge in [0.25, 0.3) is 0 Å².